The van der Waals surface area contributed by atoms with Crippen LogP contribution in [0.3, 0.4) is 0 Å². The molecular formula is C15H17BrN2O. The van der Waals surface area contributed by atoms with Crippen LogP contribution in [0, 0.1) is 18.3 Å². The number of halogens is 1. The first-order valence-electron chi connectivity index (χ1n) is 6.38. The first-order chi connectivity index (χ1) is 8.88. The van der Waals surface area contributed by atoms with E-state index < -0.39 is 5.54 Å². The van der Waals surface area contributed by atoms with Crippen molar-refractivity contribution in [3.05, 3.63) is 33.8 Å². The lowest BCUT2D eigenvalue weighted by Gasteiger charge is -2.34. The van der Waals surface area contributed by atoms with E-state index in [0.717, 1.165) is 22.9 Å². The van der Waals surface area contributed by atoms with Gasteiger partial charge in [-0.05, 0) is 51.3 Å². The van der Waals surface area contributed by atoms with Gasteiger partial charge in [-0.2, -0.15) is 5.26 Å². The third-order valence-electron chi connectivity index (χ3n) is 3.50. The van der Waals surface area contributed by atoms with E-state index in [9.17, 15) is 10.1 Å². The molecule has 0 saturated heterocycles. The molecule has 0 heterocycles. The molecule has 1 aromatic rings. The Morgan fingerprint density at radius 2 is 2.11 bits per heavy atom. The van der Waals surface area contributed by atoms with Crippen molar-refractivity contribution < 1.29 is 4.79 Å². The number of benzene rings is 1. The third kappa shape index (κ3) is 2.66. The zero-order valence-electron chi connectivity index (χ0n) is 11.4. The summed E-state index contributed by atoms with van der Waals surface area (Å²) >= 11 is 3.45. The van der Waals surface area contributed by atoms with Gasteiger partial charge in [-0.3, -0.25) is 4.79 Å². The standard InChI is InChI=1S/C15H17BrN2O/c1-10-12(5-4-6-13(10)16)14(19)18(11-7-8-11)15(2,3)9-17/h4-6,11H,7-8H2,1-3H3. The van der Waals surface area contributed by atoms with Gasteiger partial charge >= 0.3 is 0 Å². The molecule has 1 aliphatic carbocycles. The maximum absolute atomic E-state index is 12.8. The summed E-state index contributed by atoms with van der Waals surface area (Å²) in [6.45, 7) is 5.52. The topological polar surface area (TPSA) is 44.1 Å². The fourth-order valence-electron chi connectivity index (χ4n) is 2.23. The molecule has 3 nitrogen and oxygen atoms in total. The number of amides is 1. The first-order valence-corrected chi connectivity index (χ1v) is 7.18. The summed E-state index contributed by atoms with van der Waals surface area (Å²) in [5.74, 6) is -0.0483. The molecule has 1 aromatic carbocycles. The van der Waals surface area contributed by atoms with Crippen molar-refractivity contribution in [2.75, 3.05) is 0 Å². The van der Waals surface area contributed by atoms with Crippen molar-refractivity contribution in [3.63, 3.8) is 0 Å². The fraction of sp³-hybridized carbons (Fsp3) is 0.467. The highest BCUT2D eigenvalue weighted by molar-refractivity contribution is 9.10. The second-order valence-corrected chi connectivity index (χ2v) is 6.34. The minimum Gasteiger partial charge on any atom is -0.317 e. The lowest BCUT2D eigenvalue weighted by atomic mass is 10.0. The molecule has 100 valence electrons. The third-order valence-corrected chi connectivity index (χ3v) is 4.36. The van der Waals surface area contributed by atoms with Crippen LogP contribution in [-0.4, -0.2) is 22.4 Å². The van der Waals surface area contributed by atoms with E-state index in [2.05, 4.69) is 22.0 Å². The van der Waals surface area contributed by atoms with Gasteiger partial charge < -0.3 is 4.90 Å². The summed E-state index contributed by atoms with van der Waals surface area (Å²) in [5.41, 5.74) is 0.823. The number of hydrogen-bond acceptors (Lipinski definition) is 2. The quantitative estimate of drug-likeness (QED) is 0.853. The number of carbonyl (C=O) groups excluding carboxylic acids is 1. The second kappa shape index (κ2) is 4.97. The summed E-state index contributed by atoms with van der Waals surface area (Å²) in [4.78, 5) is 14.5. The summed E-state index contributed by atoms with van der Waals surface area (Å²) in [6, 6.07) is 8.05. The van der Waals surface area contributed by atoms with Crippen molar-refractivity contribution in [2.45, 2.75) is 45.2 Å². The fourth-order valence-corrected chi connectivity index (χ4v) is 2.60. The molecule has 0 atom stereocenters. The average Bonchev–Trinajstić information content (AvgIpc) is 3.17. The van der Waals surface area contributed by atoms with Crippen LogP contribution in [0.4, 0.5) is 0 Å². The van der Waals surface area contributed by atoms with Crippen LogP contribution in [0.2, 0.25) is 0 Å². The number of nitrogens with zero attached hydrogens (tertiary/aromatic N) is 2. The Kier molecular flexibility index (Phi) is 3.69. The lowest BCUT2D eigenvalue weighted by molar-refractivity contribution is 0.0614. The van der Waals surface area contributed by atoms with Gasteiger partial charge in [0.2, 0.25) is 0 Å². The molecule has 1 saturated carbocycles. The number of nitriles is 1. The van der Waals surface area contributed by atoms with Crippen LogP contribution < -0.4 is 0 Å². The molecule has 0 radical (unpaired) electrons. The van der Waals surface area contributed by atoms with E-state index in [1.165, 1.54) is 0 Å². The minimum absolute atomic E-state index is 0.0483. The van der Waals surface area contributed by atoms with Crippen molar-refractivity contribution in [2.24, 2.45) is 0 Å². The zero-order valence-corrected chi connectivity index (χ0v) is 13.0. The Morgan fingerprint density at radius 3 is 2.63 bits per heavy atom. The SMILES string of the molecule is Cc1c(Br)cccc1C(=O)N(C1CC1)C(C)(C)C#N. The lowest BCUT2D eigenvalue weighted by Crippen LogP contribution is -2.48. The van der Waals surface area contributed by atoms with E-state index in [1.54, 1.807) is 18.7 Å². The van der Waals surface area contributed by atoms with Gasteiger partial charge in [0.05, 0.1) is 6.07 Å². The van der Waals surface area contributed by atoms with E-state index in [1.807, 2.05) is 25.1 Å². The monoisotopic (exact) mass is 320 g/mol. The summed E-state index contributed by atoms with van der Waals surface area (Å²) < 4.78 is 0.920. The van der Waals surface area contributed by atoms with E-state index >= 15 is 0 Å². The van der Waals surface area contributed by atoms with Crippen molar-refractivity contribution in [1.29, 1.82) is 5.26 Å². The molecule has 0 unspecified atom stereocenters. The predicted molar refractivity (Wildman–Crippen MR) is 77.8 cm³/mol. The van der Waals surface area contributed by atoms with Crippen LogP contribution in [0.1, 0.15) is 42.6 Å². The number of rotatable bonds is 3. The van der Waals surface area contributed by atoms with Crippen LogP contribution in [0.25, 0.3) is 0 Å². The molecule has 1 amide bonds. The van der Waals surface area contributed by atoms with E-state index in [-0.39, 0.29) is 11.9 Å². The molecule has 1 aliphatic rings. The maximum atomic E-state index is 12.8. The largest absolute Gasteiger partial charge is 0.317 e. The first kappa shape index (κ1) is 14.1. The molecule has 0 bridgehead atoms. The zero-order chi connectivity index (χ0) is 14.2. The van der Waals surface area contributed by atoms with Crippen molar-refractivity contribution in [3.8, 4) is 6.07 Å². The van der Waals surface area contributed by atoms with Gasteiger partial charge in [0, 0.05) is 16.1 Å². The van der Waals surface area contributed by atoms with Gasteiger partial charge in [0.15, 0.2) is 0 Å². The Labute approximate surface area is 122 Å². The van der Waals surface area contributed by atoms with Gasteiger partial charge in [0.25, 0.3) is 5.91 Å². The van der Waals surface area contributed by atoms with E-state index in [0.29, 0.717) is 5.56 Å². The maximum Gasteiger partial charge on any atom is 0.255 e. The Balaban J connectivity index is 2.41. The normalized spacial score (nSPS) is 14.9. The Bertz CT molecular complexity index is 556. The van der Waals surface area contributed by atoms with Crippen molar-refractivity contribution in [1.82, 2.24) is 4.90 Å². The molecule has 19 heavy (non-hydrogen) atoms. The van der Waals surface area contributed by atoms with Gasteiger partial charge in [-0.15, -0.1) is 0 Å². The van der Waals surface area contributed by atoms with E-state index in [4.69, 9.17) is 0 Å². The highest BCUT2D eigenvalue weighted by Gasteiger charge is 2.42. The number of carbonyl (C=O) groups is 1. The molecular weight excluding hydrogens is 304 g/mol. The molecule has 4 heteroatoms. The highest BCUT2D eigenvalue weighted by Crippen LogP contribution is 2.35. The van der Waals surface area contributed by atoms with Crippen LogP contribution in [-0.2, 0) is 0 Å². The minimum atomic E-state index is -0.771. The molecule has 2 rings (SSSR count). The van der Waals surface area contributed by atoms with Gasteiger partial charge in [0.1, 0.15) is 5.54 Å². The second-order valence-electron chi connectivity index (χ2n) is 5.49. The van der Waals surface area contributed by atoms with Crippen LogP contribution in [0.5, 0.6) is 0 Å². The Morgan fingerprint density at radius 1 is 1.47 bits per heavy atom. The average molecular weight is 321 g/mol. The van der Waals surface area contributed by atoms with Crippen molar-refractivity contribution >= 4 is 21.8 Å². The van der Waals surface area contributed by atoms with Crippen LogP contribution in [0.15, 0.2) is 22.7 Å². The van der Waals surface area contributed by atoms with Crippen LogP contribution >= 0.6 is 15.9 Å². The summed E-state index contributed by atoms with van der Waals surface area (Å²) in [5, 5.41) is 9.31. The van der Waals surface area contributed by atoms with Gasteiger partial charge in [-0.25, -0.2) is 0 Å². The van der Waals surface area contributed by atoms with Gasteiger partial charge in [-0.1, -0.05) is 22.0 Å². The Hall–Kier alpha value is -1.34. The molecule has 0 N–H and O–H groups in total. The smallest absolute Gasteiger partial charge is 0.255 e. The predicted octanol–water partition coefficient (Wildman–Crippen LogP) is 3.66. The summed E-state index contributed by atoms with van der Waals surface area (Å²) in [6.07, 6.45) is 1.98. The molecule has 0 aromatic heterocycles. The summed E-state index contributed by atoms with van der Waals surface area (Å²) in [7, 11) is 0. The molecule has 0 spiro atoms. The molecule has 0 aliphatic heterocycles. The molecule has 1 fully saturated rings. The highest BCUT2D eigenvalue weighted by atomic mass is 79.9. The number of hydrogen-bond donors (Lipinski definition) is 0.